The highest BCUT2D eigenvalue weighted by Gasteiger charge is 2.10. The summed E-state index contributed by atoms with van der Waals surface area (Å²) in [4.78, 5) is 2.29. The Hall–Kier alpha value is -3.13. The number of rotatable bonds is 8. The quantitative estimate of drug-likeness (QED) is 0.441. The SMILES string of the molecule is CCN(CC)c1ccc(-c2n[nH]c(=S)n2N=Cc2ccc(OC)c(OC)c2)cc1. The van der Waals surface area contributed by atoms with Gasteiger partial charge in [-0.05, 0) is 74.1 Å². The largest absolute Gasteiger partial charge is 0.493 e. The molecule has 0 atom stereocenters. The summed E-state index contributed by atoms with van der Waals surface area (Å²) in [6, 6.07) is 13.8. The molecule has 0 saturated carbocycles. The number of hydrogen-bond donors (Lipinski definition) is 1. The zero-order chi connectivity index (χ0) is 20.8. The molecule has 1 N–H and O–H groups in total. The van der Waals surface area contributed by atoms with Crippen LogP contribution in [0, 0.1) is 4.77 Å². The molecule has 0 saturated heterocycles. The van der Waals surface area contributed by atoms with E-state index < -0.39 is 0 Å². The van der Waals surface area contributed by atoms with Crippen LogP contribution in [-0.4, -0.2) is 48.4 Å². The van der Waals surface area contributed by atoms with Crippen LogP contribution in [0.15, 0.2) is 47.6 Å². The lowest BCUT2D eigenvalue weighted by molar-refractivity contribution is 0.355. The summed E-state index contributed by atoms with van der Waals surface area (Å²) < 4.78 is 12.6. The van der Waals surface area contributed by atoms with Gasteiger partial charge in [-0.15, -0.1) is 0 Å². The number of anilines is 1. The molecule has 152 valence electrons. The summed E-state index contributed by atoms with van der Waals surface area (Å²) in [5, 5.41) is 11.7. The normalized spacial score (nSPS) is 11.0. The molecule has 3 aromatic rings. The van der Waals surface area contributed by atoms with Crippen molar-refractivity contribution in [2.45, 2.75) is 13.8 Å². The van der Waals surface area contributed by atoms with Crippen molar-refractivity contribution in [3.8, 4) is 22.9 Å². The summed E-state index contributed by atoms with van der Waals surface area (Å²) in [5.74, 6) is 1.95. The molecule has 0 spiro atoms. The first kappa shape index (κ1) is 20.6. The van der Waals surface area contributed by atoms with Crippen LogP contribution in [0.1, 0.15) is 19.4 Å². The van der Waals surface area contributed by atoms with E-state index in [1.807, 2.05) is 30.3 Å². The second kappa shape index (κ2) is 9.38. The molecule has 8 heteroatoms. The van der Waals surface area contributed by atoms with E-state index in [1.165, 1.54) is 5.69 Å². The van der Waals surface area contributed by atoms with Gasteiger partial charge in [0.1, 0.15) is 0 Å². The molecule has 0 aliphatic rings. The van der Waals surface area contributed by atoms with E-state index in [0.29, 0.717) is 22.1 Å². The van der Waals surface area contributed by atoms with Crippen molar-refractivity contribution < 1.29 is 9.47 Å². The molecule has 0 radical (unpaired) electrons. The Kier molecular flexibility index (Phi) is 6.66. The molecule has 0 fully saturated rings. The maximum atomic E-state index is 5.36. The summed E-state index contributed by atoms with van der Waals surface area (Å²) in [6.07, 6.45) is 1.71. The van der Waals surface area contributed by atoms with Gasteiger partial charge in [0.25, 0.3) is 0 Å². The molecule has 1 aromatic heterocycles. The highest BCUT2D eigenvalue weighted by atomic mass is 32.1. The van der Waals surface area contributed by atoms with Crippen LogP contribution in [0.25, 0.3) is 11.4 Å². The van der Waals surface area contributed by atoms with Crippen molar-refractivity contribution in [2.24, 2.45) is 5.10 Å². The Morgan fingerprint density at radius 3 is 2.38 bits per heavy atom. The van der Waals surface area contributed by atoms with Crippen LogP contribution in [0.3, 0.4) is 0 Å². The maximum Gasteiger partial charge on any atom is 0.216 e. The number of aromatic amines is 1. The van der Waals surface area contributed by atoms with Gasteiger partial charge in [-0.2, -0.15) is 14.9 Å². The number of nitrogens with one attached hydrogen (secondary N) is 1. The van der Waals surface area contributed by atoms with Crippen molar-refractivity contribution in [2.75, 3.05) is 32.2 Å². The van der Waals surface area contributed by atoms with Gasteiger partial charge in [-0.3, -0.25) is 0 Å². The maximum absolute atomic E-state index is 5.36. The lowest BCUT2D eigenvalue weighted by atomic mass is 10.2. The Bertz CT molecular complexity index is 1040. The fourth-order valence-corrected chi connectivity index (χ4v) is 3.23. The second-order valence-corrected chi connectivity index (χ2v) is 6.63. The van der Waals surface area contributed by atoms with Gasteiger partial charge in [0.2, 0.25) is 4.77 Å². The number of H-pyrrole nitrogens is 1. The average Bonchev–Trinajstić information content (AvgIpc) is 3.13. The topological polar surface area (TPSA) is 67.7 Å². The molecule has 0 aliphatic carbocycles. The van der Waals surface area contributed by atoms with Gasteiger partial charge in [-0.25, -0.2) is 5.10 Å². The van der Waals surface area contributed by atoms with E-state index in [4.69, 9.17) is 21.7 Å². The van der Waals surface area contributed by atoms with Gasteiger partial charge in [0, 0.05) is 24.3 Å². The van der Waals surface area contributed by atoms with E-state index in [2.05, 4.69) is 46.2 Å². The molecule has 0 unspecified atom stereocenters. The molecule has 7 nitrogen and oxygen atoms in total. The van der Waals surface area contributed by atoms with Gasteiger partial charge in [-0.1, -0.05) is 0 Å². The summed E-state index contributed by atoms with van der Waals surface area (Å²) >= 11 is 5.36. The van der Waals surface area contributed by atoms with E-state index in [9.17, 15) is 0 Å². The third kappa shape index (κ3) is 4.48. The predicted octanol–water partition coefficient (Wildman–Crippen LogP) is 4.35. The highest BCUT2D eigenvalue weighted by Crippen LogP contribution is 2.27. The second-order valence-electron chi connectivity index (χ2n) is 6.24. The van der Waals surface area contributed by atoms with Crippen LogP contribution in [0.5, 0.6) is 11.5 Å². The minimum absolute atomic E-state index is 0.421. The van der Waals surface area contributed by atoms with Crippen molar-refractivity contribution in [1.29, 1.82) is 0 Å². The number of benzene rings is 2. The van der Waals surface area contributed by atoms with Gasteiger partial charge in [0.15, 0.2) is 17.3 Å². The number of methoxy groups -OCH3 is 2. The van der Waals surface area contributed by atoms with Crippen LogP contribution < -0.4 is 14.4 Å². The van der Waals surface area contributed by atoms with Crippen molar-refractivity contribution >= 4 is 24.1 Å². The summed E-state index contributed by atoms with van der Waals surface area (Å²) in [6.45, 7) is 6.21. The lowest BCUT2D eigenvalue weighted by Crippen LogP contribution is -2.21. The van der Waals surface area contributed by atoms with Crippen LogP contribution >= 0.6 is 12.2 Å². The van der Waals surface area contributed by atoms with Crippen molar-refractivity contribution in [3.63, 3.8) is 0 Å². The fourth-order valence-electron chi connectivity index (χ4n) is 3.05. The van der Waals surface area contributed by atoms with Crippen LogP contribution in [0.2, 0.25) is 0 Å². The molecule has 1 heterocycles. The zero-order valence-corrected chi connectivity index (χ0v) is 17.9. The fraction of sp³-hybridized carbons (Fsp3) is 0.286. The molecule has 29 heavy (non-hydrogen) atoms. The number of nitrogens with zero attached hydrogens (tertiary/aromatic N) is 4. The monoisotopic (exact) mass is 411 g/mol. The predicted molar refractivity (Wildman–Crippen MR) is 119 cm³/mol. The smallest absolute Gasteiger partial charge is 0.216 e. The zero-order valence-electron chi connectivity index (χ0n) is 17.0. The number of hydrogen-bond acceptors (Lipinski definition) is 6. The van der Waals surface area contributed by atoms with Crippen LogP contribution in [0.4, 0.5) is 5.69 Å². The Morgan fingerprint density at radius 1 is 1.07 bits per heavy atom. The van der Waals surface area contributed by atoms with Gasteiger partial charge >= 0.3 is 0 Å². The first-order valence-electron chi connectivity index (χ1n) is 9.40. The molecule has 0 bridgehead atoms. The van der Waals surface area contributed by atoms with Crippen molar-refractivity contribution in [1.82, 2.24) is 14.9 Å². The minimum Gasteiger partial charge on any atom is -0.493 e. The minimum atomic E-state index is 0.421. The number of ether oxygens (including phenoxy) is 2. The van der Waals surface area contributed by atoms with E-state index >= 15 is 0 Å². The van der Waals surface area contributed by atoms with E-state index in [1.54, 1.807) is 25.1 Å². The van der Waals surface area contributed by atoms with Crippen molar-refractivity contribution in [3.05, 3.63) is 52.8 Å². The Labute approximate surface area is 175 Å². The molecular formula is C21H25N5O2S. The Balaban J connectivity index is 1.90. The Morgan fingerprint density at radius 2 is 1.76 bits per heavy atom. The van der Waals surface area contributed by atoms with E-state index in [0.717, 1.165) is 24.2 Å². The molecule has 0 aliphatic heterocycles. The van der Waals surface area contributed by atoms with Gasteiger partial charge in [0.05, 0.1) is 20.4 Å². The number of aromatic nitrogens is 3. The lowest BCUT2D eigenvalue weighted by Gasteiger charge is -2.20. The molecule has 3 rings (SSSR count). The first-order valence-corrected chi connectivity index (χ1v) is 9.81. The molecular weight excluding hydrogens is 386 g/mol. The average molecular weight is 412 g/mol. The molecule has 2 aromatic carbocycles. The first-order chi connectivity index (χ1) is 14.1. The third-order valence-electron chi connectivity index (χ3n) is 4.63. The standard InChI is InChI=1S/C21H25N5O2S/c1-5-25(6-2)17-10-8-16(9-11-17)20-23-24-21(29)26(20)22-14-15-7-12-18(27-3)19(13-15)28-4/h7-14H,5-6H2,1-4H3,(H,24,29). The molecule has 0 amide bonds. The van der Waals surface area contributed by atoms with E-state index in [-0.39, 0.29) is 0 Å². The third-order valence-corrected chi connectivity index (χ3v) is 4.90. The van der Waals surface area contributed by atoms with Crippen LogP contribution in [-0.2, 0) is 0 Å². The van der Waals surface area contributed by atoms with Gasteiger partial charge < -0.3 is 14.4 Å². The summed E-state index contributed by atoms with van der Waals surface area (Å²) in [7, 11) is 3.21. The summed E-state index contributed by atoms with van der Waals surface area (Å²) in [5.41, 5.74) is 2.96. The highest BCUT2D eigenvalue weighted by molar-refractivity contribution is 7.71.